The van der Waals surface area contributed by atoms with Crippen LogP contribution in [-0.2, 0) is 18.8 Å². The average Bonchev–Trinajstić information content (AvgIpc) is 3.04. The van der Waals surface area contributed by atoms with Crippen molar-refractivity contribution in [1.29, 1.82) is 5.26 Å². The van der Waals surface area contributed by atoms with Gasteiger partial charge >= 0.3 is 6.18 Å². The number of benzene rings is 2. The van der Waals surface area contributed by atoms with Crippen LogP contribution < -0.4 is 4.74 Å². The van der Waals surface area contributed by atoms with Gasteiger partial charge in [-0.25, -0.2) is 4.39 Å². The number of hydrogen-bond acceptors (Lipinski definition) is 4. The zero-order valence-corrected chi connectivity index (χ0v) is 16.8. The van der Waals surface area contributed by atoms with Gasteiger partial charge in [0, 0.05) is 17.6 Å². The highest BCUT2D eigenvalue weighted by Crippen LogP contribution is 2.38. The predicted octanol–water partition coefficient (Wildman–Crippen LogP) is 5.48. The Morgan fingerprint density at radius 1 is 1.10 bits per heavy atom. The van der Waals surface area contributed by atoms with Crippen molar-refractivity contribution >= 4 is 11.6 Å². The molecule has 0 radical (unpaired) electrons. The quantitative estimate of drug-likeness (QED) is 0.506. The van der Waals surface area contributed by atoms with Gasteiger partial charge in [-0.05, 0) is 50.2 Å². The van der Waals surface area contributed by atoms with E-state index < -0.39 is 23.2 Å². The molecule has 5 nitrogen and oxygen atoms in total. The second-order valence-electron chi connectivity index (χ2n) is 6.96. The van der Waals surface area contributed by atoms with Crippen molar-refractivity contribution < 1.29 is 22.3 Å². The van der Waals surface area contributed by atoms with E-state index in [9.17, 15) is 22.8 Å². The first kappa shape index (κ1) is 21.6. The molecule has 1 heterocycles. The summed E-state index contributed by atoms with van der Waals surface area (Å²) in [5, 5.41) is 17.5. The van der Waals surface area contributed by atoms with Crippen LogP contribution in [0.4, 0.5) is 17.6 Å². The highest BCUT2D eigenvalue weighted by Gasteiger charge is 2.37. The third-order valence-corrected chi connectivity index (χ3v) is 4.60. The molecule has 0 fully saturated rings. The Bertz CT molecular complexity index is 1150. The van der Waals surface area contributed by atoms with Gasteiger partial charge in [-0.15, -0.1) is 10.2 Å². The lowest BCUT2D eigenvalue weighted by atomic mass is 10.1. The molecule has 0 bridgehead atoms. The minimum absolute atomic E-state index is 0.106. The smallest absolute Gasteiger partial charge is 0.417 e. The number of nitriles is 1. The molecule has 0 saturated carbocycles. The Morgan fingerprint density at radius 3 is 2.43 bits per heavy atom. The summed E-state index contributed by atoms with van der Waals surface area (Å²) >= 11 is 5.89. The molecule has 156 valence electrons. The van der Waals surface area contributed by atoms with Crippen LogP contribution in [0.15, 0.2) is 36.4 Å². The van der Waals surface area contributed by atoms with Crippen LogP contribution in [0.3, 0.4) is 0 Å². The summed E-state index contributed by atoms with van der Waals surface area (Å²) in [5.74, 6) is -0.683. The number of rotatable bonds is 4. The first-order valence-electron chi connectivity index (χ1n) is 8.59. The molecule has 1 aromatic heterocycles. The number of ether oxygens (including phenoxy) is 1. The summed E-state index contributed by atoms with van der Waals surface area (Å²) in [4.78, 5) is 0. The van der Waals surface area contributed by atoms with Crippen LogP contribution in [0, 0.1) is 17.1 Å². The molecule has 0 aliphatic heterocycles. The van der Waals surface area contributed by atoms with Crippen molar-refractivity contribution in [1.82, 2.24) is 14.8 Å². The minimum atomic E-state index is -4.78. The molecule has 30 heavy (non-hydrogen) atoms. The second kappa shape index (κ2) is 7.61. The molecule has 0 atom stereocenters. The van der Waals surface area contributed by atoms with Gasteiger partial charge < -0.3 is 9.30 Å². The largest absolute Gasteiger partial charge is 0.478 e. The lowest BCUT2D eigenvalue weighted by Crippen LogP contribution is -2.29. The molecule has 0 aliphatic carbocycles. The fourth-order valence-corrected chi connectivity index (χ4v) is 3.21. The van der Waals surface area contributed by atoms with E-state index in [1.54, 1.807) is 19.9 Å². The minimum Gasteiger partial charge on any atom is -0.478 e. The summed E-state index contributed by atoms with van der Waals surface area (Å²) in [6.07, 6.45) is -4.78. The molecule has 0 N–H and O–H groups in total. The van der Waals surface area contributed by atoms with Crippen LogP contribution in [0.25, 0.3) is 11.4 Å². The van der Waals surface area contributed by atoms with Gasteiger partial charge in [0.2, 0.25) is 0 Å². The summed E-state index contributed by atoms with van der Waals surface area (Å²) < 4.78 is 60.9. The van der Waals surface area contributed by atoms with Gasteiger partial charge in [0.1, 0.15) is 17.6 Å². The van der Waals surface area contributed by atoms with Crippen LogP contribution in [0.2, 0.25) is 5.02 Å². The maximum Gasteiger partial charge on any atom is 0.417 e. The monoisotopic (exact) mass is 438 g/mol. The molecule has 0 aliphatic rings. The van der Waals surface area contributed by atoms with Crippen LogP contribution in [0.5, 0.6) is 5.75 Å². The highest BCUT2D eigenvalue weighted by molar-refractivity contribution is 6.30. The van der Waals surface area contributed by atoms with E-state index in [-0.39, 0.29) is 28.5 Å². The van der Waals surface area contributed by atoms with Crippen molar-refractivity contribution in [2.75, 3.05) is 0 Å². The molecule has 0 saturated heterocycles. The summed E-state index contributed by atoms with van der Waals surface area (Å²) in [6.45, 7) is 3.26. The van der Waals surface area contributed by atoms with Gasteiger partial charge in [0.25, 0.3) is 0 Å². The number of hydrogen-bond donors (Lipinski definition) is 0. The van der Waals surface area contributed by atoms with E-state index in [0.717, 1.165) is 12.1 Å². The fourth-order valence-electron chi connectivity index (χ4n) is 3.03. The SMILES string of the molecule is Cn1c(-c2ccc(F)cc2C(F)(F)F)nnc1C(C)(C)Oc1ccc(Cl)cc1C#N. The second-order valence-corrected chi connectivity index (χ2v) is 7.39. The normalized spacial score (nSPS) is 12.0. The first-order valence-corrected chi connectivity index (χ1v) is 8.97. The maximum atomic E-state index is 13.4. The van der Waals surface area contributed by atoms with E-state index >= 15 is 0 Å². The van der Waals surface area contributed by atoms with Gasteiger partial charge in [-0.3, -0.25) is 0 Å². The van der Waals surface area contributed by atoms with Crippen molar-refractivity contribution in [3.63, 3.8) is 0 Å². The number of nitrogens with zero attached hydrogens (tertiary/aromatic N) is 4. The van der Waals surface area contributed by atoms with Gasteiger partial charge in [-0.2, -0.15) is 18.4 Å². The predicted molar refractivity (Wildman–Crippen MR) is 101 cm³/mol. The zero-order chi connectivity index (χ0) is 22.3. The Labute approximate surface area is 174 Å². The Kier molecular flexibility index (Phi) is 5.48. The third-order valence-electron chi connectivity index (χ3n) is 4.37. The first-order chi connectivity index (χ1) is 13.9. The standard InChI is InChI=1S/C20H15ClF4N4O/c1-19(2,30-16-7-4-12(21)8-11(16)10-26)18-28-27-17(29(18)3)14-6-5-13(22)9-15(14)20(23,24)25/h4-9H,1-3H3. The van der Waals surface area contributed by atoms with Crippen LogP contribution in [0.1, 0.15) is 30.8 Å². The third kappa shape index (κ3) is 4.09. The van der Waals surface area contributed by atoms with Gasteiger partial charge in [0.15, 0.2) is 17.2 Å². The average molecular weight is 439 g/mol. The summed E-state index contributed by atoms with van der Waals surface area (Å²) in [6, 6.07) is 8.81. The lowest BCUT2D eigenvalue weighted by molar-refractivity contribution is -0.137. The number of alkyl halides is 3. The molecule has 3 aromatic rings. The Morgan fingerprint density at radius 2 is 1.80 bits per heavy atom. The zero-order valence-electron chi connectivity index (χ0n) is 16.1. The Balaban J connectivity index is 2.05. The number of halogens is 5. The molecular weight excluding hydrogens is 424 g/mol. The lowest BCUT2D eigenvalue weighted by Gasteiger charge is -2.26. The Hall–Kier alpha value is -3.12. The van der Waals surface area contributed by atoms with E-state index in [1.165, 1.54) is 23.7 Å². The van der Waals surface area contributed by atoms with Crippen molar-refractivity contribution in [3.05, 3.63) is 64.2 Å². The molecule has 2 aromatic carbocycles. The molecule has 0 amide bonds. The molecule has 0 unspecified atom stereocenters. The van der Waals surface area contributed by atoms with Gasteiger partial charge in [-0.1, -0.05) is 11.6 Å². The van der Waals surface area contributed by atoms with Crippen LogP contribution in [-0.4, -0.2) is 14.8 Å². The van der Waals surface area contributed by atoms with Crippen molar-refractivity contribution in [3.8, 4) is 23.2 Å². The van der Waals surface area contributed by atoms with E-state index in [0.29, 0.717) is 11.1 Å². The van der Waals surface area contributed by atoms with E-state index in [4.69, 9.17) is 16.3 Å². The van der Waals surface area contributed by atoms with Crippen LogP contribution >= 0.6 is 11.6 Å². The topological polar surface area (TPSA) is 63.7 Å². The number of aromatic nitrogens is 3. The molecule has 3 rings (SSSR count). The molecule has 10 heteroatoms. The van der Waals surface area contributed by atoms with Crippen molar-refractivity contribution in [2.45, 2.75) is 25.6 Å². The maximum absolute atomic E-state index is 13.4. The summed E-state index contributed by atoms with van der Waals surface area (Å²) in [5.41, 5.74) is -2.45. The summed E-state index contributed by atoms with van der Waals surface area (Å²) in [7, 11) is 1.48. The highest BCUT2D eigenvalue weighted by atomic mass is 35.5. The van der Waals surface area contributed by atoms with E-state index in [2.05, 4.69) is 10.2 Å². The molecular formula is C20H15ClF4N4O. The fraction of sp³-hybridized carbons (Fsp3) is 0.250. The molecule has 0 spiro atoms. The van der Waals surface area contributed by atoms with Gasteiger partial charge in [0.05, 0.1) is 11.1 Å². The van der Waals surface area contributed by atoms with E-state index in [1.807, 2.05) is 6.07 Å². The van der Waals surface area contributed by atoms with Crippen molar-refractivity contribution in [2.24, 2.45) is 7.05 Å².